The van der Waals surface area contributed by atoms with Crippen LogP contribution in [0.4, 0.5) is 24.5 Å². The van der Waals surface area contributed by atoms with Crippen molar-refractivity contribution < 1.29 is 22.9 Å². The first-order valence-corrected chi connectivity index (χ1v) is 11.0. The number of fused-ring (bicyclic) bond motifs is 1. The predicted octanol–water partition coefficient (Wildman–Crippen LogP) is 3.70. The van der Waals surface area contributed by atoms with E-state index in [0.29, 0.717) is 29.8 Å². The molecule has 0 saturated carbocycles. The van der Waals surface area contributed by atoms with E-state index in [1.807, 2.05) is 6.92 Å². The lowest BCUT2D eigenvalue weighted by Crippen LogP contribution is -2.49. The molecule has 1 saturated heterocycles. The summed E-state index contributed by atoms with van der Waals surface area (Å²) in [5, 5.41) is 16.6. The molecule has 1 aromatic heterocycles. The second kappa shape index (κ2) is 9.35. The minimum absolute atomic E-state index is 0.0650. The number of alkyl halides is 3. The van der Waals surface area contributed by atoms with Crippen LogP contribution in [0, 0.1) is 10.1 Å². The molecule has 9 nitrogen and oxygen atoms in total. The van der Waals surface area contributed by atoms with Crippen molar-refractivity contribution in [2.45, 2.75) is 26.1 Å². The van der Waals surface area contributed by atoms with Gasteiger partial charge >= 0.3 is 6.18 Å². The van der Waals surface area contributed by atoms with E-state index in [9.17, 15) is 32.9 Å². The molecular formula is C23H22F3N5O4. The Morgan fingerprint density at radius 2 is 1.74 bits per heavy atom. The Bertz CT molecular complexity index is 1350. The molecule has 0 aliphatic carbocycles. The number of hydrogen-bond donors (Lipinski definition) is 0. The van der Waals surface area contributed by atoms with Gasteiger partial charge in [0.2, 0.25) is 0 Å². The summed E-state index contributed by atoms with van der Waals surface area (Å²) in [4.78, 5) is 39.8. The topological polar surface area (TPSA) is 102 Å². The maximum absolute atomic E-state index is 13.4. The summed E-state index contributed by atoms with van der Waals surface area (Å²) >= 11 is 0. The van der Waals surface area contributed by atoms with Crippen LogP contribution in [0.25, 0.3) is 10.8 Å². The SMILES string of the molecule is CCCn1nc(C(=O)N2CCN(c3ccc(C(F)(F)F)cc3[N+](=O)[O-])CC2)c2ccccc2c1=O. The molecule has 184 valence electrons. The number of carbonyl (C=O) groups excluding carboxylic acids is 1. The third kappa shape index (κ3) is 4.68. The first kappa shape index (κ1) is 24.2. The fourth-order valence-corrected chi connectivity index (χ4v) is 4.17. The molecule has 0 unspecified atom stereocenters. The fourth-order valence-electron chi connectivity index (χ4n) is 4.17. The van der Waals surface area contributed by atoms with Crippen molar-refractivity contribution in [2.75, 3.05) is 31.1 Å². The molecule has 0 radical (unpaired) electrons. The van der Waals surface area contributed by atoms with E-state index in [1.54, 1.807) is 29.2 Å². The molecule has 1 fully saturated rings. The van der Waals surface area contributed by atoms with E-state index < -0.39 is 22.4 Å². The standard InChI is InChI=1S/C23H22F3N5O4/c1-2-9-30-21(32)17-6-4-3-5-16(17)20(27-30)22(33)29-12-10-28(11-13-29)18-8-7-15(23(24,25)26)14-19(18)31(34)35/h3-8,14H,2,9-13H2,1H3. The van der Waals surface area contributed by atoms with E-state index in [4.69, 9.17) is 0 Å². The van der Waals surface area contributed by atoms with Crippen LogP contribution in [0.2, 0.25) is 0 Å². The van der Waals surface area contributed by atoms with Gasteiger partial charge in [0.05, 0.1) is 15.9 Å². The summed E-state index contributed by atoms with van der Waals surface area (Å²) in [6.07, 6.45) is -4.04. The highest BCUT2D eigenvalue weighted by Crippen LogP contribution is 2.36. The van der Waals surface area contributed by atoms with Crippen molar-refractivity contribution in [1.82, 2.24) is 14.7 Å². The molecule has 0 atom stereocenters. The number of piperazine rings is 1. The minimum Gasteiger partial charge on any atom is -0.362 e. The van der Waals surface area contributed by atoms with Crippen molar-refractivity contribution in [2.24, 2.45) is 0 Å². The highest BCUT2D eigenvalue weighted by Gasteiger charge is 2.35. The zero-order valence-electron chi connectivity index (χ0n) is 18.8. The van der Waals surface area contributed by atoms with Gasteiger partial charge < -0.3 is 9.80 Å². The molecule has 3 aromatic rings. The predicted molar refractivity (Wildman–Crippen MR) is 123 cm³/mol. The number of aryl methyl sites for hydroxylation is 1. The summed E-state index contributed by atoms with van der Waals surface area (Å²) in [7, 11) is 0. The molecule has 0 N–H and O–H groups in total. The summed E-state index contributed by atoms with van der Waals surface area (Å²) in [6.45, 7) is 2.98. The van der Waals surface area contributed by atoms with Gasteiger partial charge in [0.25, 0.3) is 17.2 Å². The Balaban J connectivity index is 1.59. The van der Waals surface area contributed by atoms with Crippen molar-refractivity contribution >= 4 is 28.1 Å². The number of anilines is 1. The number of nitro benzene ring substituents is 1. The normalized spacial score (nSPS) is 14.4. The van der Waals surface area contributed by atoms with E-state index >= 15 is 0 Å². The molecular weight excluding hydrogens is 467 g/mol. The average molecular weight is 489 g/mol. The average Bonchev–Trinajstić information content (AvgIpc) is 2.84. The number of carbonyl (C=O) groups is 1. The van der Waals surface area contributed by atoms with Crippen LogP contribution in [0.1, 0.15) is 29.4 Å². The largest absolute Gasteiger partial charge is 0.416 e. The summed E-state index contributed by atoms with van der Waals surface area (Å²) in [5.41, 5.74) is -1.81. The van der Waals surface area contributed by atoms with E-state index in [-0.39, 0.29) is 49.0 Å². The number of benzene rings is 2. The van der Waals surface area contributed by atoms with Gasteiger partial charge in [0, 0.05) is 44.2 Å². The van der Waals surface area contributed by atoms with Gasteiger partial charge in [-0.1, -0.05) is 25.1 Å². The van der Waals surface area contributed by atoms with Crippen molar-refractivity contribution in [3.05, 3.63) is 74.2 Å². The fraction of sp³-hybridized carbons (Fsp3) is 0.348. The quantitative estimate of drug-likeness (QED) is 0.400. The summed E-state index contributed by atoms with van der Waals surface area (Å²) < 4.78 is 40.3. The van der Waals surface area contributed by atoms with Crippen molar-refractivity contribution in [3.63, 3.8) is 0 Å². The van der Waals surface area contributed by atoms with Crippen LogP contribution >= 0.6 is 0 Å². The molecule has 0 bridgehead atoms. The number of rotatable bonds is 5. The number of hydrogen-bond acceptors (Lipinski definition) is 6. The van der Waals surface area contributed by atoms with Gasteiger partial charge in [0.15, 0.2) is 5.69 Å². The first-order valence-electron chi connectivity index (χ1n) is 11.0. The summed E-state index contributed by atoms with van der Waals surface area (Å²) in [5.74, 6) is -0.382. The van der Waals surface area contributed by atoms with E-state index in [1.165, 1.54) is 9.58 Å². The van der Waals surface area contributed by atoms with Crippen LogP contribution < -0.4 is 10.5 Å². The number of nitro groups is 1. The third-order valence-corrected chi connectivity index (χ3v) is 5.91. The van der Waals surface area contributed by atoms with Gasteiger partial charge in [-0.2, -0.15) is 18.3 Å². The molecule has 1 aliphatic heterocycles. The maximum atomic E-state index is 13.4. The lowest BCUT2D eigenvalue weighted by Gasteiger charge is -2.35. The molecule has 2 heterocycles. The Morgan fingerprint density at radius 3 is 2.34 bits per heavy atom. The highest BCUT2D eigenvalue weighted by molar-refractivity contribution is 6.04. The minimum atomic E-state index is -4.70. The molecule has 0 spiro atoms. The Kier molecular flexibility index (Phi) is 6.46. The second-order valence-corrected chi connectivity index (χ2v) is 8.16. The van der Waals surface area contributed by atoms with E-state index in [2.05, 4.69) is 5.10 Å². The molecule has 12 heteroatoms. The van der Waals surface area contributed by atoms with Gasteiger partial charge in [-0.05, 0) is 24.6 Å². The van der Waals surface area contributed by atoms with Gasteiger partial charge in [0.1, 0.15) is 5.69 Å². The number of amides is 1. The maximum Gasteiger partial charge on any atom is 0.416 e. The second-order valence-electron chi connectivity index (χ2n) is 8.16. The van der Waals surface area contributed by atoms with E-state index in [0.717, 1.165) is 12.1 Å². The monoisotopic (exact) mass is 489 g/mol. The lowest BCUT2D eigenvalue weighted by molar-refractivity contribution is -0.384. The number of nitrogens with zero attached hydrogens (tertiary/aromatic N) is 5. The Hall–Kier alpha value is -3.96. The van der Waals surface area contributed by atoms with Crippen LogP contribution in [-0.2, 0) is 12.7 Å². The van der Waals surface area contributed by atoms with Crippen molar-refractivity contribution in [3.8, 4) is 0 Å². The van der Waals surface area contributed by atoms with Crippen molar-refractivity contribution in [1.29, 1.82) is 0 Å². The Morgan fingerprint density at radius 1 is 1.09 bits per heavy atom. The zero-order chi connectivity index (χ0) is 25.3. The Labute approximate surface area is 197 Å². The van der Waals surface area contributed by atoms with Gasteiger partial charge in [-0.3, -0.25) is 19.7 Å². The lowest BCUT2D eigenvalue weighted by atomic mass is 10.1. The summed E-state index contributed by atoms with van der Waals surface area (Å²) in [6, 6.07) is 9.16. The van der Waals surface area contributed by atoms with Crippen LogP contribution in [0.5, 0.6) is 0 Å². The van der Waals surface area contributed by atoms with Crippen LogP contribution in [0.15, 0.2) is 47.3 Å². The molecule has 1 amide bonds. The van der Waals surface area contributed by atoms with Gasteiger partial charge in [-0.25, -0.2) is 4.68 Å². The smallest absolute Gasteiger partial charge is 0.362 e. The zero-order valence-corrected chi connectivity index (χ0v) is 18.8. The molecule has 2 aromatic carbocycles. The number of aromatic nitrogens is 2. The van der Waals surface area contributed by atoms with Crippen LogP contribution in [-0.4, -0.2) is 51.7 Å². The van der Waals surface area contributed by atoms with Gasteiger partial charge in [-0.15, -0.1) is 0 Å². The number of halogens is 3. The first-order chi connectivity index (χ1) is 16.6. The highest BCUT2D eigenvalue weighted by atomic mass is 19.4. The molecule has 35 heavy (non-hydrogen) atoms. The molecule has 4 rings (SSSR count). The van der Waals surface area contributed by atoms with Crippen LogP contribution in [0.3, 0.4) is 0 Å². The third-order valence-electron chi connectivity index (χ3n) is 5.91. The molecule has 1 aliphatic rings.